The van der Waals surface area contributed by atoms with Crippen molar-refractivity contribution >= 4 is 29.0 Å². The minimum atomic E-state index is 0.00337. The maximum absolute atomic E-state index is 11.7. The molecule has 0 aliphatic rings. The first kappa shape index (κ1) is 16.0. The molecule has 2 rings (SSSR count). The van der Waals surface area contributed by atoms with Crippen LogP contribution in [0.3, 0.4) is 0 Å². The number of thiazole rings is 1. The number of thioether (sulfide) groups is 1. The van der Waals surface area contributed by atoms with Gasteiger partial charge in [-0.15, -0.1) is 21.5 Å². The van der Waals surface area contributed by atoms with Crippen LogP contribution in [0.5, 0.6) is 0 Å². The predicted molar refractivity (Wildman–Crippen MR) is 84.6 cm³/mol. The molecule has 6 nitrogen and oxygen atoms in total. The number of amides is 1. The number of aromatic nitrogens is 4. The van der Waals surface area contributed by atoms with E-state index >= 15 is 0 Å². The van der Waals surface area contributed by atoms with Gasteiger partial charge in [0, 0.05) is 25.4 Å². The Morgan fingerprint density at radius 1 is 1.52 bits per heavy atom. The van der Waals surface area contributed by atoms with Crippen LogP contribution in [-0.4, -0.2) is 38.0 Å². The van der Waals surface area contributed by atoms with E-state index in [1.807, 2.05) is 7.05 Å². The van der Waals surface area contributed by atoms with Gasteiger partial charge in [-0.25, -0.2) is 4.98 Å². The first-order valence-corrected chi connectivity index (χ1v) is 8.60. The SMILES string of the molecule is CC(C)c1csc(CCNC(=O)CSc2nncn2C)n1. The van der Waals surface area contributed by atoms with Crippen molar-refractivity contribution in [2.24, 2.45) is 7.05 Å². The third-order valence-electron chi connectivity index (χ3n) is 2.82. The molecule has 1 N–H and O–H groups in total. The molecule has 0 aliphatic heterocycles. The Labute approximate surface area is 132 Å². The first-order valence-electron chi connectivity index (χ1n) is 6.74. The van der Waals surface area contributed by atoms with Crippen LogP contribution in [0.2, 0.25) is 0 Å². The summed E-state index contributed by atoms with van der Waals surface area (Å²) in [6.07, 6.45) is 2.40. The topological polar surface area (TPSA) is 72.7 Å². The molecule has 0 atom stereocenters. The normalized spacial score (nSPS) is 11.0. The number of aryl methyl sites for hydroxylation is 1. The Kier molecular flexibility index (Phi) is 5.75. The zero-order chi connectivity index (χ0) is 15.2. The second-order valence-electron chi connectivity index (χ2n) is 4.93. The van der Waals surface area contributed by atoms with Crippen molar-refractivity contribution in [1.29, 1.82) is 0 Å². The Morgan fingerprint density at radius 3 is 2.95 bits per heavy atom. The Morgan fingerprint density at radius 2 is 2.33 bits per heavy atom. The highest BCUT2D eigenvalue weighted by molar-refractivity contribution is 7.99. The Bertz CT molecular complexity index is 593. The zero-order valence-electron chi connectivity index (χ0n) is 12.4. The average Bonchev–Trinajstić information content (AvgIpc) is 3.06. The molecule has 0 saturated heterocycles. The summed E-state index contributed by atoms with van der Waals surface area (Å²) < 4.78 is 1.79. The van der Waals surface area contributed by atoms with E-state index in [1.54, 1.807) is 22.2 Å². The van der Waals surface area contributed by atoms with E-state index in [0.717, 1.165) is 22.3 Å². The second kappa shape index (κ2) is 7.56. The molecule has 0 aromatic carbocycles. The van der Waals surface area contributed by atoms with E-state index in [2.05, 4.69) is 39.7 Å². The van der Waals surface area contributed by atoms with Gasteiger partial charge in [0.1, 0.15) is 6.33 Å². The predicted octanol–water partition coefficient (Wildman–Crippen LogP) is 1.85. The Balaban J connectivity index is 1.68. The molecule has 0 aliphatic carbocycles. The minimum Gasteiger partial charge on any atom is -0.355 e. The van der Waals surface area contributed by atoms with E-state index in [9.17, 15) is 4.79 Å². The number of hydrogen-bond acceptors (Lipinski definition) is 6. The maximum atomic E-state index is 11.7. The molecule has 0 unspecified atom stereocenters. The lowest BCUT2D eigenvalue weighted by Crippen LogP contribution is -2.27. The van der Waals surface area contributed by atoms with Gasteiger partial charge in [0.05, 0.1) is 16.5 Å². The lowest BCUT2D eigenvalue weighted by atomic mass is 10.2. The molecule has 21 heavy (non-hydrogen) atoms. The van der Waals surface area contributed by atoms with Crippen molar-refractivity contribution in [1.82, 2.24) is 25.1 Å². The molecule has 1 amide bonds. The fourth-order valence-electron chi connectivity index (χ4n) is 1.60. The van der Waals surface area contributed by atoms with Gasteiger partial charge in [-0.2, -0.15) is 0 Å². The molecule has 8 heteroatoms. The summed E-state index contributed by atoms with van der Waals surface area (Å²) in [4.78, 5) is 16.3. The summed E-state index contributed by atoms with van der Waals surface area (Å²) in [5, 5.41) is 14.5. The number of rotatable bonds is 7. The number of hydrogen-bond donors (Lipinski definition) is 1. The van der Waals surface area contributed by atoms with Gasteiger partial charge in [-0.3, -0.25) is 4.79 Å². The summed E-state index contributed by atoms with van der Waals surface area (Å²) in [5.74, 6) is 0.804. The molecule has 2 aromatic heterocycles. The fourth-order valence-corrected chi connectivity index (χ4v) is 3.28. The number of nitrogens with zero attached hydrogens (tertiary/aromatic N) is 4. The molecule has 114 valence electrons. The fraction of sp³-hybridized carbons (Fsp3) is 0.538. The van der Waals surface area contributed by atoms with Crippen molar-refractivity contribution in [3.8, 4) is 0 Å². The number of nitrogens with one attached hydrogen (secondary N) is 1. The maximum Gasteiger partial charge on any atom is 0.230 e. The van der Waals surface area contributed by atoms with Gasteiger partial charge >= 0.3 is 0 Å². The van der Waals surface area contributed by atoms with Crippen LogP contribution >= 0.6 is 23.1 Å². The highest BCUT2D eigenvalue weighted by atomic mass is 32.2. The van der Waals surface area contributed by atoms with E-state index in [0.29, 0.717) is 18.2 Å². The number of carbonyl (C=O) groups excluding carboxylic acids is 1. The van der Waals surface area contributed by atoms with E-state index in [-0.39, 0.29) is 5.91 Å². The minimum absolute atomic E-state index is 0.00337. The van der Waals surface area contributed by atoms with Crippen molar-refractivity contribution in [2.45, 2.75) is 31.3 Å². The van der Waals surface area contributed by atoms with Crippen LogP contribution in [0.1, 0.15) is 30.5 Å². The quantitative estimate of drug-likeness (QED) is 0.787. The summed E-state index contributed by atoms with van der Waals surface area (Å²) in [5.41, 5.74) is 1.12. The van der Waals surface area contributed by atoms with Crippen molar-refractivity contribution in [2.75, 3.05) is 12.3 Å². The second-order valence-corrected chi connectivity index (χ2v) is 6.82. The molecule has 0 bridgehead atoms. The molecular formula is C13H19N5OS2. The molecule has 0 spiro atoms. The van der Waals surface area contributed by atoms with Gasteiger partial charge < -0.3 is 9.88 Å². The third-order valence-corrected chi connectivity index (χ3v) is 4.79. The average molecular weight is 325 g/mol. The molecule has 2 heterocycles. The van der Waals surface area contributed by atoms with E-state index in [4.69, 9.17) is 0 Å². The van der Waals surface area contributed by atoms with Crippen LogP contribution in [-0.2, 0) is 18.3 Å². The first-order chi connectivity index (χ1) is 10.1. The van der Waals surface area contributed by atoms with Gasteiger partial charge in [0.2, 0.25) is 5.91 Å². The lowest BCUT2D eigenvalue weighted by molar-refractivity contribution is -0.118. The van der Waals surface area contributed by atoms with Gasteiger partial charge in [0.15, 0.2) is 5.16 Å². The Hall–Kier alpha value is -1.41. The van der Waals surface area contributed by atoms with Crippen molar-refractivity contribution in [3.63, 3.8) is 0 Å². The zero-order valence-corrected chi connectivity index (χ0v) is 14.0. The molecule has 0 fully saturated rings. The van der Waals surface area contributed by atoms with Crippen LogP contribution in [0, 0.1) is 0 Å². The summed E-state index contributed by atoms with van der Waals surface area (Å²) >= 11 is 3.03. The van der Waals surface area contributed by atoms with Crippen LogP contribution in [0.25, 0.3) is 0 Å². The number of carbonyl (C=O) groups is 1. The van der Waals surface area contributed by atoms with E-state index < -0.39 is 0 Å². The summed E-state index contributed by atoms with van der Waals surface area (Å²) in [7, 11) is 1.86. The highest BCUT2D eigenvalue weighted by Crippen LogP contribution is 2.17. The van der Waals surface area contributed by atoms with Crippen LogP contribution < -0.4 is 5.32 Å². The van der Waals surface area contributed by atoms with Gasteiger partial charge in [-0.05, 0) is 5.92 Å². The lowest BCUT2D eigenvalue weighted by Gasteiger charge is -2.03. The van der Waals surface area contributed by atoms with E-state index in [1.165, 1.54) is 11.8 Å². The third kappa shape index (κ3) is 4.82. The largest absolute Gasteiger partial charge is 0.355 e. The monoisotopic (exact) mass is 325 g/mol. The summed E-state index contributed by atoms with van der Waals surface area (Å²) in [6.45, 7) is 4.87. The van der Waals surface area contributed by atoms with Crippen LogP contribution in [0.4, 0.5) is 0 Å². The van der Waals surface area contributed by atoms with Crippen molar-refractivity contribution < 1.29 is 4.79 Å². The van der Waals surface area contributed by atoms with Gasteiger partial charge in [-0.1, -0.05) is 25.6 Å². The van der Waals surface area contributed by atoms with Gasteiger partial charge in [0.25, 0.3) is 0 Å². The van der Waals surface area contributed by atoms with Crippen LogP contribution in [0.15, 0.2) is 16.9 Å². The van der Waals surface area contributed by atoms with Crippen molar-refractivity contribution in [3.05, 3.63) is 22.4 Å². The highest BCUT2D eigenvalue weighted by Gasteiger charge is 2.08. The standard InChI is InChI=1S/C13H19N5OS2/c1-9(2)10-6-20-12(16-10)4-5-14-11(19)7-21-13-17-15-8-18(13)3/h6,8-9H,4-5,7H2,1-3H3,(H,14,19). The molecule has 0 radical (unpaired) electrons. The molecule has 2 aromatic rings. The molecular weight excluding hydrogens is 306 g/mol. The smallest absolute Gasteiger partial charge is 0.230 e. The molecule has 0 saturated carbocycles. The summed E-state index contributed by atoms with van der Waals surface area (Å²) in [6, 6.07) is 0.